The van der Waals surface area contributed by atoms with Crippen molar-refractivity contribution >= 4 is 35.2 Å². The number of amides is 1. The Labute approximate surface area is 430 Å². The number of hydrogen-bond acceptors (Lipinski definition) is 17. The molecule has 18 nitrogen and oxygen atoms in total. The molecular formula is C55H83NO17. The number of nitrogens with zero attached hydrogens (tertiary/aromatic N) is 1. The SMILES string of the molecule is CO[C@H]1CC2CC[C@@H](C)[C@@](O)(O2)C(=O)C(=O)N2CCCC3[C@H]2C(=O)O[C@@H](CC(=O)[C@H](C)/C=C(\C)[C@@H](O)[C@@H](CO)C(=O)[C@H](C)C[C@@](C)(O)/C=C/C=C/C=C1C)[C@H]3CC1CC[C@@H](OC(=O)C(C)(CO)CO)[C@H](OC)C1. The average Bonchev–Trinajstić information content (AvgIpc) is 3.36. The fourth-order valence-electron chi connectivity index (χ4n) is 11.7. The molecule has 1 aliphatic carbocycles. The third-order valence-corrected chi connectivity index (χ3v) is 16.5. The van der Waals surface area contributed by atoms with Crippen LogP contribution in [0.4, 0.5) is 0 Å². The summed E-state index contributed by atoms with van der Waals surface area (Å²) in [4.78, 5) is 85.8. The van der Waals surface area contributed by atoms with Gasteiger partial charge in [0.25, 0.3) is 11.7 Å². The number of carbonyl (C=O) groups excluding carboxylic acids is 6. The minimum Gasteiger partial charge on any atom is -0.460 e. The summed E-state index contributed by atoms with van der Waals surface area (Å²) < 4.78 is 29.8. The van der Waals surface area contributed by atoms with Crippen molar-refractivity contribution in [3.05, 3.63) is 47.6 Å². The Morgan fingerprint density at radius 3 is 2.23 bits per heavy atom. The predicted octanol–water partition coefficient (Wildman–Crippen LogP) is 3.65. The standard InChI is InChI=1S/C55H83NO17/c1-31-14-11-10-12-20-54(7,67)27-34(4)48(62)40(28-57)47(61)33(3)22-32(2)41(60)26-44-39(23-36-17-19-42(45(24-36)70-9)72-52(66)53(6,29-58)30-59)38-15-13-21-56(46(38)51(65)71-44)50(64)49(63)55(68)35(5)16-18-37(73-55)25-43(31)69-8/h10-12,14,20,22,32,34-40,42-47,57-59,61,67-68H,13,15-19,21,23-30H2,1-9H3/b11-10+,20-12+,31-14?,33-22+/t32-,34-,35-,36?,37?,38?,39+,40-,42-,43+,44+,45-,46+,47-,54+,55-/m1/s1. The van der Waals surface area contributed by atoms with Crippen molar-refractivity contribution < 1.29 is 83.1 Å². The summed E-state index contributed by atoms with van der Waals surface area (Å²) in [6.45, 7) is 9.29. The zero-order chi connectivity index (χ0) is 54.2. The van der Waals surface area contributed by atoms with Gasteiger partial charge in [-0.05, 0) is 108 Å². The quantitative estimate of drug-likeness (QED) is 0.109. The van der Waals surface area contributed by atoms with Gasteiger partial charge in [0.05, 0.1) is 55.8 Å². The zero-order valence-electron chi connectivity index (χ0n) is 44.3. The van der Waals surface area contributed by atoms with Gasteiger partial charge >= 0.3 is 11.9 Å². The van der Waals surface area contributed by atoms with E-state index in [0.29, 0.717) is 51.4 Å². The first-order valence-electron chi connectivity index (χ1n) is 26.1. The highest BCUT2D eigenvalue weighted by Gasteiger charge is 2.57. The van der Waals surface area contributed by atoms with Crippen LogP contribution in [0.5, 0.6) is 0 Å². The van der Waals surface area contributed by atoms with Crippen LogP contribution in [0.15, 0.2) is 47.6 Å². The van der Waals surface area contributed by atoms with Crippen molar-refractivity contribution in [2.75, 3.05) is 40.6 Å². The number of fused-ring (bicyclic) bond motifs is 3. The van der Waals surface area contributed by atoms with E-state index in [1.165, 1.54) is 38.2 Å². The molecule has 3 unspecified atom stereocenters. The topological polar surface area (TPSA) is 273 Å². The Morgan fingerprint density at radius 2 is 1.59 bits per heavy atom. The number of methoxy groups -OCH3 is 2. The number of aliphatic hydroxyl groups is 6. The van der Waals surface area contributed by atoms with E-state index in [1.807, 2.05) is 6.92 Å². The van der Waals surface area contributed by atoms with Gasteiger partial charge < -0.3 is 59.2 Å². The van der Waals surface area contributed by atoms with Crippen LogP contribution in [-0.2, 0) is 52.5 Å². The van der Waals surface area contributed by atoms with Gasteiger partial charge in [-0.15, -0.1) is 0 Å². The van der Waals surface area contributed by atoms with Crippen LogP contribution in [0, 0.1) is 46.8 Å². The van der Waals surface area contributed by atoms with Gasteiger partial charge in [0, 0.05) is 57.3 Å². The van der Waals surface area contributed by atoms with Crippen LogP contribution >= 0.6 is 0 Å². The summed E-state index contributed by atoms with van der Waals surface area (Å²) in [5, 5.41) is 64.9. The Hall–Kier alpha value is -3.98. The van der Waals surface area contributed by atoms with Gasteiger partial charge in [0.15, 0.2) is 0 Å². The number of rotatable bonds is 9. The lowest BCUT2D eigenvalue weighted by atomic mass is 9.68. The van der Waals surface area contributed by atoms with Crippen molar-refractivity contribution in [3.63, 3.8) is 0 Å². The van der Waals surface area contributed by atoms with E-state index < -0.39 is 144 Å². The van der Waals surface area contributed by atoms with Gasteiger partial charge in [-0.2, -0.15) is 0 Å². The Balaban J connectivity index is 1.52. The highest BCUT2D eigenvalue weighted by molar-refractivity contribution is 6.39. The lowest BCUT2D eigenvalue weighted by Gasteiger charge is -2.50. The molecule has 0 aromatic carbocycles. The van der Waals surface area contributed by atoms with Gasteiger partial charge in [-0.25, -0.2) is 4.79 Å². The van der Waals surface area contributed by atoms with Crippen LogP contribution in [0.1, 0.15) is 119 Å². The number of hydrogen-bond donors (Lipinski definition) is 6. The van der Waals surface area contributed by atoms with E-state index in [1.54, 1.807) is 58.9 Å². The molecule has 4 heterocycles. The van der Waals surface area contributed by atoms with Crippen molar-refractivity contribution in [2.24, 2.45) is 46.8 Å². The molecule has 410 valence electrons. The maximum Gasteiger partial charge on any atom is 0.329 e. The molecule has 4 fully saturated rings. The normalized spacial score (nSPS) is 39.8. The summed E-state index contributed by atoms with van der Waals surface area (Å²) in [5.41, 5.74) is -1.93. The molecule has 3 saturated heterocycles. The van der Waals surface area contributed by atoms with E-state index in [2.05, 4.69) is 0 Å². The molecule has 0 aromatic heterocycles. The van der Waals surface area contributed by atoms with Gasteiger partial charge in [-0.3, -0.25) is 24.0 Å². The highest BCUT2D eigenvalue weighted by Crippen LogP contribution is 2.46. The molecular weight excluding hydrogens is 947 g/mol. The lowest BCUT2D eigenvalue weighted by Crippen LogP contribution is -2.65. The number of piperidine rings is 1. The zero-order valence-corrected chi connectivity index (χ0v) is 44.3. The molecule has 18 heteroatoms. The molecule has 5 aliphatic rings. The maximum atomic E-state index is 14.6. The number of Topliss-reactive ketones (excluding diaryl/α,β-unsaturated/α-hetero) is 3. The van der Waals surface area contributed by atoms with Crippen molar-refractivity contribution in [2.45, 2.75) is 173 Å². The molecule has 0 aromatic rings. The van der Waals surface area contributed by atoms with E-state index in [-0.39, 0.29) is 43.1 Å². The highest BCUT2D eigenvalue weighted by atomic mass is 16.6. The van der Waals surface area contributed by atoms with Gasteiger partial charge in [0.1, 0.15) is 35.2 Å². The molecule has 6 bridgehead atoms. The molecule has 0 radical (unpaired) electrons. The van der Waals surface area contributed by atoms with Crippen molar-refractivity contribution in [1.82, 2.24) is 4.90 Å². The second-order valence-corrected chi connectivity index (χ2v) is 22.2. The molecule has 5 rings (SSSR count). The Bertz CT molecular complexity index is 2090. The first kappa shape index (κ1) is 59.9. The van der Waals surface area contributed by atoms with E-state index >= 15 is 0 Å². The van der Waals surface area contributed by atoms with Crippen LogP contribution in [0.25, 0.3) is 0 Å². The number of allylic oxidation sites excluding steroid dienone is 5. The van der Waals surface area contributed by atoms with Crippen LogP contribution in [0.2, 0.25) is 0 Å². The molecule has 0 spiro atoms. The van der Waals surface area contributed by atoms with Crippen molar-refractivity contribution in [1.29, 1.82) is 0 Å². The first-order chi connectivity index (χ1) is 34.4. The molecule has 73 heavy (non-hydrogen) atoms. The molecule has 1 amide bonds. The first-order valence-corrected chi connectivity index (χ1v) is 26.1. The summed E-state index contributed by atoms with van der Waals surface area (Å²) in [5.74, 6) is -12.1. The molecule has 16 atom stereocenters. The minimum absolute atomic E-state index is 0.0173. The molecule has 1 saturated carbocycles. The summed E-state index contributed by atoms with van der Waals surface area (Å²) in [7, 11) is 3.01. The Kier molecular flexibility index (Phi) is 21.1. The second-order valence-electron chi connectivity index (χ2n) is 22.2. The van der Waals surface area contributed by atoms with Crippen molar-refractivity contribution in [3.8, 4) is 0 Å². The lowest BCUT2D eigenvalue weighted by molar-refractivity contribution is -0.266. The van der Waals surface area contributed by atoms with E-state index in [4.69, 9.17) is 23.7 Å². The predicted molar refractivity (Wildman–Crippen MR) is 266 cm³/mol. The van der Waals surface area contributed by atoms with E-state index in [9.17, 15) is 59.4 Å². The summed E-state index contributed by atoms with van der Waals surface area (Å²) >= 11 is 0. The Morgan fingerprint density at radius 1 is 0.890 bits per heavy atom. The van der Waals surface area contributed by atoms with Crippen LogP contribution < -0.4 is 0 Å². The fourth-order valence-corrected chi connectivity index (χ4v) is 11.7. The summed E-state index contributed by atoms with van der Waals surface area (Å²) in [6.07, 6.45) is 8.23. The number of ketones is 3. The summed E-state index contributed by atoms with van der Waals surface area (Å²) in [6, 6.07) is -1.23. The average molecular weight is 1030 g/mol. The number of carbonyl (C=O) groups is 6. The minimum atomic E-state index is -2.52. The van der Waals surface area contributed by atoms with Crippen LogP contribution in [-0.4, -0.2) is 165 Å². The molecule has 4 aliphatic heterocycles. The van der Waals surface area contributed by atoms with E-state index in [0.717, 1.165) is 5.57 Å². The fraction of sp³-hybridized carbons (Fsp3) is 0.745. The second kappa shape index (κ2) is 25.7. The van der Waals surface area contributed by atoms with Gasteiger partial charge in [0.2, 0.25) is 5.79 Å². The number of esters is 2. The third kappa shape index (κ3) is 14.1. The van der Waals surface area contributed by atoms with Crippen LogP contribution in [0.3, 0.4) is 0 Å². The maximum absolute atomic E-state index is 14.6. The number of aliphatic hydroxyl groups excluding tert-OH is 4. The smallest absolute Gasteiger partial charge is 0.329 e. The largest absolute Gasteiger partial charge is 0.460 e. The third-order valence-electron chi connectivity index (χ3n) is 16.5. The number of ether oxygens (including phenoxy) is 5. The molecule has 6 N–H and O–H groups in total. The monoisotopic (exact) mass is 1030 g/mol. The van der Waals surface area contributed by atoms with Gasteiger partial charge in [-0.1, -0.05) is 57.2 Å².